The van der Waals surface area contributed by atoms with E-state index in [1.807, 2.05) is 0 Å². The van der Waals surface area contributed by atoms with Crippen molar-refractivity contribution in [2.45, 2.75) is 188 Å². The third-order valence-electron chi connectivity index (χ3n) is 8.29. The molecule has 0 aromatic heterocycles. The molecule has 0 heterocycles. The molecule has 0 bridgehead atoms. The van der Waals surface area contributed by atoms with Crippen molar-refractivity contribution >= 4 is 8.32 Å². The first kappa shape index (κ1) is 42.9. The first-order valence-electron chi connectivity index (χ1n) is 16.7. The topological polar surface area (TPSA) is 64.6 Å². The van der Waals surface area contributed by atoms with Gasteiger partial charge in [-0.3, -0.25) is 0 Å². The Balaban J connectivity index is 5.08. The second-order valence-electron chi connectivity index (χ2n) is 16.7. The minimum absolute atomic E-state index is 0.0910. The van der Waals surface area contributed by atoms with E-state index in [0.29, 0.717) is 39.6 Å². The van der Waals surface area contributed by atoms with Crippen molar-refractivity contribution in [3.05, 3.63) is 0 Å². The predicted octanol–water partition coefficient (Wildman–Crippen LogP) is 8.97. The highest BCUT2D eigenvalue weighted by molar-refractivity contribution is 6.74. The summed E-state index contributed by atoms with van der Waals surface area (Å²) in [7, 11) is -2.04. The molecule has 0 aliphatic carbocycles. The standard InChI is InChI=1S/C35H74O7Si/c1-28(2)36-22-18-32(8,9)38-24-20-34(12,13)40-26-30(42-43(16,17)31(5,6)7)27-41-35(14,15)21-25-39-33(10,11)19-23-37-29(3)4/h28-30H,18-27H2,1-17H3. The Morgan fingerprint density at radius 3 is 1.07 bits per heavy atom. The second kappa shape index (κ2) is 18.3. The third-order valence-corrected chi connectivity index (χ3v) is 12.8. The van der Waals surface area contributed by atoms with Gasteiger partial charge in [0.2, 0.25) is 0 Å². The summed E-state index contributed by atoms with van der Waals surface area (Å²) in [6.07, 6.45) is 3.61. The van der Waals surface area contributed by atoms with Crippen LogP contribution in [0.5, 0.6) is 0 Å². The van der Waals surface area contributed by atoms with Crippen molar-refractivity contribution in [1.29, 1.82) is 0 Å². The summed E-state index contributed by atoms with van der Waals surface area (Å²) in [6.45, 7) is 40.2. The van der Waals surface area contributed by atoms with Gasteiger partial charge < -0.3 is 32.8 Å². The lowest BCUT2D eigenvalue weighted by Crippen LogP contribution is -2.48. The Labute approximate surface area is 268 Å². The normalized spacial score (nSPS) is 14.5. The van der Waals surface area contributed by atoms with Gasteiger partial charge >= 0.3 is 0 Å². The molecule has 0 fully saturated rings. The first-order valence-corrected chi connectivity index (χ1v) is 19.7. The summed E-state index contributed by atoms with van der Waals surface area (Å²) in [6, 6.07) is 0. The zero-order valence-electron chi connectivity index (χ0n) is 31.7. The SMILES string of the molecule is CC(C)OCCC(C)(C)OCCC(C)(C)OCC(COC(C)(C)CCOC(C)(C)CCOC(C)C)O[Si](C)(C)C(C)(C)C. The van der Waals surface area contributed by atoms with Crippen molar-refractivity contribution in [1.82, 2.24) is 0 Å². The summed E-state index contributed by atoms with van der Waals surface area (Å²) >= 11 is 0. The van der Waals surface area contributed by atoms with Crippen molar-refractivity contribution in [3.8, 4) is 0 Å². The molecule has 0 saturated carbocycles. The second-order valence-corrected chi connectivity index (χ2v) is 21.5. The number of ether oxygens (including phenoxy) is 6. The van der Waals surface area contributed by atoms with Crippen molar-refractivity contribution in [2.24, 2.45) is 0 Å². The molecule has 0 aromatic rings. The molecule has 7 nitrogen and oxygen atoms in total. The van der Waals surface area contributed by atoms with Crippen LogP contribution in [0.2, 0.25) is 18.1 Å². The summed E-state index contributed by atoms with van der Waals surface area (Å²) in [5.41, 5.74) is -1.18. The van der Waals surface area contributed by atoms with Crippen molar-refractivity contribution < 1.29 is 32.8 Å². The molecule has 0 aliphatic heterocycles. The fourth-order valence-electron chi connectivity index (χ4n) is 3.86. The maximum absolute atomic E-state index is 6.84. The summed E-state index contributed by atoms with van der Waals surface area (Å²) < 4.78 is 43.7. The van der Waals surface area contributed by atoms with Gasteiger partial charge in [0, 0.05) is 13.2 Å². The quantitative estimate of drug-likeness (QED) is 0.0982. The molecule has 0 atom stereocenters. The lowest BCUT2D eigenvalue weighted by atomic mass is 10.0. The lowest BCUT2D eigenvalue weighted by molar-refractivity contribution is -0.124. The van der Waals surface area contributed by atoms with Gasteiger partial charge in [0.15, 0.2) is 8.32 Å². The molecular weight excluding hydrogens is 560 g/mol. The van der Waals surface area contributed by atoms with Gasteiger partial charge in [0.05, 0.1) is 67.1 Å². The average Bonchev–Trinajstić information content (AvgIpc) is 2.78. The zero-order valence-corrected chi connectivity index (χ0v) is 32.7. The summed E-state index contributed by atoms with van der Waals surface area (Å²) in [5.74, 6) is 0. The molecule has 0 saturated heterocycles. The molecular formula is C35H74O7Si. The molecule has 0 aromatic carbocycles. The van der Waals surface area contributed by atoms with E-state index in [0.717, 1.165) is 25.7 Å². The number of hydrogen-bond donors (Lipinski definition) is 0. The van der Waals surface area contributed by atoms with Crippen molar-refractivity contribution in [3.63, 3.8) is 0 Å². The fraction of sp³-hybridized carbons (Fsp3) is 1.00. The molecule has 0 spiro atoms. The van der Waals surface area contributed by atoms with Crippen molar-refractivity contribution in [2.75, 3.05) is 39.6 Å². The molecule has 0 radical (unpaired) electrons. The van der Waals surface area contributed by atoms with Gasteiger partial charge in [-0.1, -0.05) is 20.8 Å². The van der Waals surface area contributed by atoms with Crippen LogP contribution in [0, 0.1) is 0 Å². The minimum Gasteiger partial charge on any atom is -0.409 e. The number of rotatable bonds is 24. The molecule has 0 unspecified atom stereocenters. The van der Waals surface area contributed by atoms with Gasteiger partial charge in [0.25, 0.3) is 0 Å². The van der Waals surface area contributed by atoms with E-state index in [4.69, 9.17) is 32.8 Å². The zero-order chi connectivity index (χ0) is 33.8. The van der Waals surface area contributed by atoms with Gasteiger partial charge in [-0.2, -0.15) is 0 Å². The lowest BCUT2D eigenvalue weighted by Gasteiger charge is -2.41. The van der Waals surface area contributed by atoms with Gasteiger partial charge in [0.1, 0.15) is 0 Å². The van der Waals surface area contributed by atoms with E-state index in [2.05, 4.69) is 117 Å². The Morgan fingerprint density at radius 2 is 0.767 bits per heavy atom. The summed E-state index contributed by atoms with van der Waals surface area (Å²) in [4.78, 5) is 0. The molecule has 0 rings (SSSR count). The molecule has 43 heavy (non-hydrogen) atoms. The Hall–Kier alpha value is -0.0631. The van der Waals surface area contributed by atoms with E-state index >= 15 is 0 Å². The Bertz CT molecular complexity index is 691. The van der Waals surface area contributed by atoms with E-state index in [-0.39, 0.29) is 45.8 Å². The van der Waals surface area contributed by atoms with Gasteiger partial charge in [-0.15, -0.1) is 0 Å². The Kier molecular flexibility index (Phi) is 18.3. The van der Waals surface area contributed by atoms with Crippen LogP contribution >= 0.6 is 0 Å². The molecule has 0 amide bonds. The van der Waals surface area contributed by atoms with E-state index in [9.17, 15) is 0 Å². The molecule has 8 heteroatoms. The van der Waals surface area contributed by atoms with Crippen LogP contribution in [-0.2, 0) is 32.8 Å². The maximum Gasteiger partial charge on any atom is 0.192 e. The largest absolute Gasteiger partial charge is 0.409 e. The number of hydrogen-bond acceptors (Lipinski definition) is 7. The molecule has 0 aliphatic rings. The molecule has 0 N–H and O–H groups in total. The van der Waals surface area contributed by atoms with Crippen LogP contribution in [0.3, 0.4) is 0 Å². The van der Waals surface area contributed by atoms with E-state index in [1.54, 1.807) is 0 Å². The highest BCUT2D eigenvalue weighted by atomic mass is 28.4. The van der Waals surface area contributed by atoms with E-state index in [1.165, 1.54) is 0 Å². The smallest absolute Gasteiger partial charge is 0.192 e. The molecule has 260 valence electrons. The van der Waals surface area contributed by atoms with Crippen LogP contribution < -0.4 is 0 Å². The predicted molar refractivity (Wildman–Crippen MR) is 183 cm³/mol. The first-order chi connectivity index (χ1) is 19.3. The average molecular weight is 635 g/mol. The van der Waals surface area contributed by atoms with Crippen LogP contribution in [0.4, 0.5) is 0 Å². The van der Waals surface area contributed by atoms with Crippen LogP contribution in [-0.4, -0.2) is 88.7 Å². The van der Waals surface area contributed by atoms with Gasteiger partial charge in [-0.25, -0.2) is 0 Å². The van der Waals surface area contributed by atoms with Crippen LogP contribution in [0.1, 0.15) is 130 Å². The van der Waals surface area contributed by atoms with E-state index < -0.39 is 8.32 Å². The highest BCUT2D eigenvalue weighted by Gasteiger charge is 2.40. The fourth-order valence-corrected chi connectivity index (χ4v) is 5.19. The summed E-state index contributed by atoms with van der Waals surface area (Å²) in [5, 5.41) is 0.0910. The van der Waals surface area contributed by atoms with Crippen LogP contribution in [0.15, 0.2) is 0 Å². The van der Waals surface area contributed by atoms with Gasteiger partial charge in [-0.05, 0) is 127 Å². The minimum atomic E-state index is -2.04. The highest BCUT2D eigenvalue weighted by Crippen LogP contribution is 2.37. The maximum atomic E-state index is 6.84. The third kappa shape index (κ3) is 21.4. The Morgan fingerprint density at radius 1 is 0.465 bits per heavy atom. The monoisotopic (exact) mass is 635 g/mol. The van der Waals surface area contributed by atoms with Crippen LogP contribution in [0.25, 0.3) is 0 Å².